The van der Waals surface area contributed by atoms with Crippen LogP contribution in [0.2, 0.25) is 0 Å². The van der Waals surface area contributed by atoms with Crippen LogP contribution < -0.4 is 5.73 Å². The first-order valence-corrected chi connectivity index (χ1v) is 5.62. The zero-order chi connectivity index (χ0) is 10.7. The minimum Gasteiger partial charge on any atom is -0.320 e. The average molecular weight is 299 g/mol. The highest BCUT2D eigenvalue weighted by atomic mass is 79.9. The molecule has 0 radical (unpaired) electrons. The van der Waals surface area contributed by atoms with Crippen molar-refractivity contribution in [1.29, 1.82) is 0 Å². The van der Waals surface area contributed by atoms with Gasteiger partial charge < -0.3 is 5.73 Å². The fraction of sp³-hybridized carbons (Fsp3) is 0.0769. The lowest BCUT2D eigenvalue weighted by molar-refractivity contribution is 0.870. The highest BCUT2D eigenvalue weighted by Crippen LogP contribution is 2.21. The number of benzene rings is 2. The standard InChI is InChI=1S/C13H12BrN.ClH/c14-12-8-4-7-11(9-12)13(15)10-5-2-1-3-6-10;/h1-9,13H,15H2;1H. The van der Waals surface area contributed by atoms with E-state index in [2.05, 4.69) is 22.0 Å². The van der Waals surface area contributed by atoms with E-state index in [1.165, 1.54) is 0 Å². The number of hydrogen-bond acceptors (Lipinski definition) is 1. The molecule has 0 amide bonds. The van der Waals surface area contributed by atoms with Crippen molar-refractivity contribution in [3.8, 4) is 0 Å². The zero-order valence-electron chi connectivity index (χ0n) is 8.64. The van der Waals surface area contributed by atoms with E-state index in [-0.39, 0.29) is 18.4 Å². The molecule has 0 bridgehead atoms. The van der Waals surface area contributed by atoms with E-state index < -0.39 is 0 Å². The van der Waals surface area contributed by atoms with Gasteiger partial charge in [0.25, 0.3) is 0 Å². The first-order valence-electron chi connectivity index (χ1n) is 4.83. The molecule has 0 spiro atoms. The van der Waals surface area contributed by atoms with Gasteiger partial charge in [0.1, 0.15) is 0 Å². The fourth-order valence-corrected chi connectivity index (χ4v) is 1.97. The Morgan fingerprint density at radius 3 is 2.12 bits per heavy atom. The fourth-order valence-electron chi connectivity index (χ4n) is 1.55. The average Bonchev–Trinajstić information content (AvgIpc) is 2.29. The van der Waals surface area contributed by atoms with Gasteiger partial charge in [-0.2, -0.15) is 0 Å². The van der Waals surface area contributed by atoms with E-state index in [0.717, 1.165) is 15.6 Å². The van der Waals surface area contributed by atoms with Crippen LogP contribution in [0.1, 0.15) is 17.2 Å². The second-order valence-corrected chi connectivity index (χ2v) is 4.36. The van der Waals surface area contributed by atoms with Gasteiger partial charge in [-0.3, -0.25) is 0 Å². The lowest BCUT2D eigenvalue weighted by atomic mass is 10.00. The molecule has 2 rings (SSSR count). The molecule has 2 aromatic rings. The van der Waals surface area contributed by atoms with E-state index in [0.29, 0.717) is 0 Å². The Labute approximate surface area is 110 Å². The van der Waals surface area contributed by atoms with E-state index in [1.807, 2.05) is 48.5 Å². The summed E-state index contributed by atoms with van der Waals surface area (Å²) in [5.74, 6) is 0. The van der Waals surface area contributed by atoms with Crippen LogP contribution in [-0.2, 0) is 0 Å². The van der Waals surface area contributed by atoms with E-state index >= 15 is 0 Å². The Kier molecular flexibility index (Phi) is 5.00. The maximum atomic E-state index is 6.16. The van der Waals surface area contributed by atoms with Crippen LogP contribution in [0.15, 0.2) is 59.1 Å². The summed E-state index contributed by atoms with van der Waals surface area (Å²) in [4.78, 5) is 0. The molecule has 2 aromatic carbocycles. The summed E-state index contributed by atoms with van der Waals surface area (Å²) in [6, 6.07) is 18.2. The highest BCUT2D eigenvalue weighted by molar-refractivity contribution is 9.10. The summed E-state index contributed by atoms with van der Waals surface area (Å²) in [6.45, 7) is 0. The lowest BCUT2D eigenvalue weighted by Gasteiger charge is -2.12. The molecule has 0 saturated carbocycles. The third-order valence-corrected chi connectivity index (χ3v) is 2.86. The molecule has 0 saturated heterocycles. The number of rotatable bonds is 2. The highest BCUT2D eigenvalue weighted by Gasteiger charge is 2.07. The third kappa shape index (κ3) is 3.08. The summed E-state index contributed by atoms with van der Waals surface area (Å²) >= 11 is 3.45. The first kappa shape index (κ1) is 13.2. The Morgan fingerprint density at radius 2 is 1.50 bits per heavy atom. The van der Waals surface area contributed by atoms with Crippen molar-refractivity contribution in [2.75, 3.05) is 0 Å². The van der Waals surface area contributed by atoms with E-state index in [1.54, 1.807) is 0 Å². The van der Waals surface area contributed by atoms with Crippen LogP contribution in [0.5, 0.6) is 0 Å². The van der Waals surface area contributed by atoms with Gasteiger partial charge in [-0.1, -0.05) is 58.4 Å². The van der Waals surface area contributed by atoms with Crippen LogP contribution in [0.4, 0.5) is 0 Å². The third-order valence-electron chi connectivity index (χ3n) is 2.37. The van der Waals surface area contributed by atoms with E-state index in [4.69, 9.17) is 5.73 Å². The molecule has 16 heavy (non-hydrogen) atoms. The summed E-state index contributed by atoms with van der Waals surface area (Å²) in [5.41, 5.74) is 8.42. The molecule has 1 atom stereocenters. The predicted molar refractivity (Wildman–Crippen MR) is 73.9 cm³/mol. The molecule has 0 aliphatic heterocycles. The van der Waals surface area contributed by atoms with E-state index in [9.17, 15) is 0 Å². The van der Waals surface area contributed by atoms with Gasteiger partial charge in [-0.15, -0.1) is 12.4 Å². The smallest absolute Gasteiger partial charge is 0.0552 e. The maximum Gasteiger partial charge on any atom is 0.0552 e. The molecule has 0 aliphatic rings. The quantitative estimate of drug-likeness (QED) is 0.893. The Morgan fingerprint density at radius 1 is 0.875 bits per heavy atom. The molecule has 1 unspecified atom stereocenters. The minimum atomic E-state index is -0.0521. The largest absolute Gasteiger partial charge is 0.320 e. The molecule has 2 N–H and O–H groups in total. The van der Waals surface area contributed by atoms with Crippen LogP contribution in [0, 0.1) is 0 Å². The second kappa shape index (κ2) is 6.04. The summed E-state index contributed by atoms with van der Waals surface area (Å²) < 4.78 is 1.06. The molecule has 0 aromatic heterocycles. The molecule has 84 valence electrons. The number of nitrogens with two attached hydrogens (primary N) is 1. The topological polar surface area (TPSA) is 26.0 Å². The maximum absolute atomic E-state index is 6.16. The molecule has 0 aliphatic carbocycles. The second-order valence-electron chi connectivity index (χ2n) is 3.44. The van der Waals surface area contributed by atoms with Gasteiger partial charge in [0.15, 0.2) is 0 Å². The van der Waals surface area contributed by atoms with Gasteiger partial charge in [0.2, 0.25) is 0 Å². The molecule has 3 heteroatoms. The van der Waals surface area contributed by atoms with Crippen molar-refractivity contribution in [2.45, 2.75) is 6.04 Å². The lowest BCUT2D eigenvalue weighted by Crippen LogP contribution is -2.11. The Balaban J connectivity index is 0.00000128. The number of halogens is 2. The summed E-state index contributed by atoms with van der Waals surface area (Å²) in [7, 11) is 0. The van der Waals surface area contributed by atoms with Crippen LogP contribution in [-0.4, -0.2) is 0 Å². The molecule has 1 nitrogen and oxygen atoms in total. The molecule has 0 fully saturated rings. The van der Waals surface area contributed by atoms with Gasteiger partial charge in [-0.25, -0.2) is 0 Å². The number of hydrogen-bond donors (Lipinski definition) is 1. The zero-order valence-corrected chi connectivity index (χ0v) is 11.0. The van der Waals surface area contributed by atoms with Crippen molar-refractivity contribution in [3.05, 3.63) is 70.2 Å². The van der Waals surface area contributed by atoms with Gasteiger partial charge >= 0.3 is 0 Å². The van der Waals surface area contributed by atoms with Crippen LogP contribution >= 0.6 is 28.3 Å². The molecular weight excluding hydrogens is 286 g/mol. The van der Waals surface area contributed by atoms with Gasteiger partial charge in [0.05, 0.1) is 6.04 Å². The summed E-state index contributed by atoms with van der Waals surface area (Å²) in [5, 5.41) is 0. The van der Waals surface area contributed by atoms with Crippen molar-refractivity contribution in [3.63, 3.8) is 0 Å². The Bertz CT molecular complexity index is 445. The van der Waals surface area contributed by atoms with Crippen molar-refractivity contribution in [2.24, 2.45) is 5.73 Å². The van der Waals surface area contributed by atoms with Crippen LogP contribution in [0.3, 0.4) is 0 Å². The van der Waals surface area contributed by atoms with Gasteiger partial charge in [-0.05, 0) is 23.3 Å². The van der Waals surface area contributed by atoms with Crippen molar-refractivity contribution >= 4 is 28.3 Å². The molecular formula is C13H13BrClN. The normalized spacial score (nSPS) is 11.6. The van der Waals surface area contributed by atoms with Gasteiger partial charge in [0, 0.05) is 4.47 Å². The predicted octanol–water partition coefficient (Wildman–Crippen LogP) is 3.92. The first-order chi connectivity index (χ1) is 7.27. The Hall–Kier alpha value is -0.830. The minimum absolute atomic E-state index is 0. The van der Waals surface area contributed by atoms with Crippen molar-refractivity contribution in [1.82, 2.24) is 0 Å². The van der Waals surface area contributed by atoms with Crippen molar-refractivity contribution < 1.29 is 0 Å². The SMILES string of the molecule is Cl.NC(c1ccccc1)c1cccc(Br)c1. The molecule has 0 heterocycles. The summed E-state index contributed by atoms with van der Waals surface area (Å²) in [6.07, 6.45) is 0. The monoisotopic (exact) mass is 297 g/mol. The van der Waals surface area contributed by atoms with Crippen LogP contribution in [0.25, 0.3) is 0 Å².